The van der Waals surface area contributed by atoms with Crippen LogP contribution in [0.5, 0.6) is 0 Å². The Morgan fingerprint density at radius 2 is 1.92 bits per heavy atom. The molecule has 0 aliphatic rings. The third-order valence-electron chi connectivity index (χ3n) is 3.41. The van der Waals surface area contributed by atoms with E-state index in [9.17, 15) is 14.0 Å². The number of rotatable bonds is 5. The zero-order valence-corrected chi connectivity index (χ0v) is 14.5. The first-order valence-corrected chi connectivity index (χ1v) is 8.20. The summed E-state index contributed by atoms with van der Waals surface area (Å²) in [5.41, 5.74) is 0.946. The smallest absolute Gasteiger partial charge is 0.287 e. The molecule has 0 bridgehead atoms. The number of amides is 1. The quantitative estimate of drug-likeness (QED) is 0.707. The minimum absolute atomic E-state index is 0.173. The number of aromatic nitrogens is 2. The molecule has 8 heteroatoms. The number of hydrogen-bond donors (Lipinski definition) is 1. The van der Waals surface area contributed by atoms with E-state index in [2.05, 4.69) is 26.3 Å². The van der Waals surface area contributed by atoms with E-state index in [1.165, 1.54) is 22.9 Å². The summed E-state index contributed by atoms with van der Waals surface area (Å²) in [4.78, 5) is 23.8. The molecular weight excluding hydrogens is 393 g/mol. The van der Waals surface area contributed by atoms with Crippen LogP contribution >= 0.6 is 15.9 Å². The van der Waals surface area contributed by atoms with E-state index < -0.39 is 0 Å². The molecule has 2 heterocycles. The van der Waals surface area contributed by atoms with Gasteiger partial charge in [-0.25, -0.2) is 9.07 Å². The summed E-state index contributed by atoms with van der Waals surface area (Å²) in [5, 5.41) is 6.90. The van der Waals surface area contributed by atoms with Gasteiger partial charge in [-0.15, -0.1) is 0 Å². The lowest BCUT2D eigenvalue weighted by atomic mass is 10.1. The van der Waals surface area contributed by atoms with Gasteiger partial charge in [-0.05, 0) is 58.4 Å². The number of furan rings is 1. The van der Waals surface area contributed by atoms with Gasteiger partial charge in [0.25, 0.3) is 11.5 Å². The minimum Gasteiger partial charge on any atom is -0.444 e. The van der Waals surface area contributed by atoms with Gasteiger partial charge in [-0.1, -0.05) is 0 Å². The fourth-order valence-corrected chi connectivity index (χ4v) is 2.49. The zero-order chi connectivity index (χ0) is 17.8. The fraction of sp³-hybridized carbons (Fsp3) is 0.118. The molecule has 25 heavy (non-hydrogen) atoms. The minimum atomic E-state index is -0.381. The lowest BCUT2D eigenvalue weighted by molar-refractivity contribution is 0.0923. The van der Waals surface area contributed by atoms with E-state index in [-0.39, 0.29) is 36.1 Å². The first-order valence-electron chi connectivity index (χ1n) is 7.40. The number of hydrogen-bond acceptors (Lipinski definition) is 4. The third-order valence-corrected chi connectivity index (χ3v) is 3.84. The molecule has 128 valence electrons. The van der Waals surface area contributed by atoms with Crippen molar-refractivity contribution < 1.29 is 13.6 Å². The standard InChI is InChI=1S/C17H13BrFN3O3/c18-15-7-6-14(25-15)17(24)20-9-10-22-16(23)8-5-13(21-22)11-1-3-12(19)4-2-11/h1-8H,9-10H2,(H,20,24). The number of carbonyl (C=O) groups excluding carboxylic acids is 1. The van der Waals surface area contributed by atoms with Gasteiger partial charge in [0, 0.05) is 18.2 Å². The Labute approximate surface area is 150 Å². The molecule has 3 rings (SSSR count). The average Bonchev–Trinajstić information content (AvgIpc) is 3.04. The van der Waals surface area contributed by atoms with Crippen LogP contribution in [-0.4, -0.2) is 22.2 Å². The van der Waals surface area contributed by atoms with Crippen molar-refractivity contribution in [3.63, 3.8) is 0 Å². The predicted octanol–water partition coefficient (Wildman–Crippen LogP) is 2.83. The van der Waals surface area contributed by atoms with Crippen molar-refractivity contribution in [3.8, 4) is 11.3 Å². The van der Waals surface area contributed by atoms with Crippen LogP contribution in [0.1, 0.15) is 10.6 Å². The largest absolute Gasteiger partial charge is 0.444 e. The molecule has 6 nitrogen and oxygen atoms in total. The maximum Gasteiger partial charge on any atom is 0.287 e. The molecule has 0 aliphatic carbocycles. The topological polar surface area (TPSA) is 77.1 Å². The van der Waals surface area contributed by atoms with E-state index in [0.717, 1.165) is 0 Å². The lowest BCUT2D eigenvalue weighted by Crippen LogP contribution is -2.31. The Hall–Kier alpha value is -2.74. The Morgan fingerprint density at radius 1 is 1.16 bits per heavy atom. The Kier molecular flexibility index (Phi) is 5.08. The molecule has 0 saturated heterocycles. The second-order valence-electron chi connectivity index (χ2n) is 5.15. The highest BCUT2D eigenvalue weighted by atomic mass is 79.9. The van der Waals surface area contributed by atoms with Crippen LogP contribution in [-0.2, 0) is 6.54 Å². The van der Waals surface area contributed by atoms with Gasteiger partial charge in [-0.2, -0.15) is 5.10 Å². The molecule has 1 aromatic carbocycles. The van der Waals surface area contributed by atoms with Crippen LogP contribution < -0.4 is 10.9 Å². The van der Waals surface area contributed by atoms with Crippen LogP contribution in [0.4, 0.5) is 4.39 Å². The van der Waals surface area contributed by atoms with Crippen molar-refractivity contribution >= 4 is 21.8 Å². The SMILES string of the molecule is O=C(NCCn1nc(-c2ccc(F)cc2)ccc1=O)c1ccc(Br)o1. The first-order chi connectivity index (χ1) is 12.0. The van der Waals surface area contributed by atoms with Gasteiger partial charge < -0.3 is 9.73 Å². The molecule has 1 amide bonds. The van der Waals surface area contributed by atoms with Crippen molar-refractivity contribution in [1.82, 2.24) is 15.1 Å². The lowest BCUT2D eigenvalue weighted by Gasteiger charge is -2.08. The molecule has 3 aromatic rings. The molecule has 0 spiro atoms. The zero-order valence-electron chi connectivity index (χ0n) is 12.9. The summed E-state index contributed by atoms with van der Waals surface area (Å²) in [5.74, 6) is -0.551. The number of carbonyl (C=O) groups is 1. The van der Waals surface area contributed by atoms with E-state index in [1.807, 2.05) is 0 Å². The van der Waals surface area contributed by atoms with Gasteiger partial charge in [0.15, 0.2) is 10.4 Å². The highest BCUT2D eigenvalue weighted by Gasteiger charge is 2.10. The number of halogens is 2. The number of nitrogens with one attached hydrogen (secondary N) is 1. The van der Waals surface area contributed by atoms with E-state index in [4.69, 9.17) is 4.42 Å². The molecule has 0 unspecified atom stereocenters. The van der Waals surface area contributed by atoms with Crippen molar-refractivity contribution in [2.45, 2.75) is 6.54 Å². The molecular formula is C17H13BrFN3O3. The molecule has 2 aromatic heterocycles. The number of benzene rings is 1. The van der Waals surface area contributed by atoms with Gasteiger partial charge in [-0.3, -0.25) is 9.59 Å². The summed E-state index contributed by atoms with van der Waals surface area (Å²) in [6.07, 6.45) is 0. The van der Waals surface area contributed by atoms with Crippen molar-refractivity contribution in [3.05, 3.63) is 75.1 Å². The fourth-order valence-electron chi connectivity index (χ4n) is 2.18. The van der Waals surface area contributed by atoms with Gasteiger partial charge in [0.1, 0.15) is 5.82 Å². The summed E-state index contributed by atoms with van der Waals surface area (Å²) >= 11 is 3.12. The Morgan fingerprint density at radius 3 is 2.60 bits per heavy atom. The molecule has 0 saturated carbocycles. The maximum absolute atomic E-state index is 13.0. The van der Waals surface area contributed by atoms with Crippen molar-refractivity contribution in [2.24, 2.45) is 0 Å². The Balaban J connectivity index is 1.68. The van der Waals surface area contributed by atoms with Gasteiger partial charge >= 0.3 is 0 Å². The predicted molar refractivity (Wildman–Crippen MR) is 92.6 cm³/mol. The van der Waals surface area contributed by atoms with Gasteiger partial charge in [0.05, 0.1) is 12.2 Å². The van der Waals surface area contributed by atoms with E-state index in [0.29, 0.717) is 15.9 Å². The van der Waals surface area contributed by atoms with Gasteiger partial charge in [0.2, 0.25) is 0 Å². The highest BCUT2D eigenvalue weighted by Crippen LogP contribution is 2.15. The molecule has 1 N–H and O–H groups in total. The number of nitrogens with zero attached hydrogens (tertiary/aromatic N) is 2. The first kappa shape index (κ1) is 17.1. The highest BCUT2D eigenvalue weighted by molar-refractivity contribution is 9.10. The normalized spacial score (nSPS) is 10.6. The van der Waals surface area contributed by atoms with Crippen LogP contribution in [0.15, 0.2) is 62.4 Å². The molecule has 0 radical (unpaired) electrons. The summed E-state index contributed by atoms with van der Waals surface area (Å²) in [6.45, 7) is 0.401. The van der Waals surface area contributed by atoms with Crippen molar-refractivity contribution in [2.75, 3.05) is 6.54 Å². The second kappa shape index (κ2) is 7.43. The monoisotopic (exact) mass is 405 g/mol. The van der Waals surface area contributed by atoms with Crippen LogP contribution in [0.2, 0.25) is 0 Å². The van der Waals surface area contributed by atoms with Crippen LogP contribution in [0.25, 0.3) is 11.3 Å². The maximum atomic E-state index is 13.0. The van der Waals surface area contributed by atoms with Crippen LogP contribution in [0.3, 0.4) is 0 Å². The Bertz CT molecular complexity index is 950. The summed E-state index contributed by atoms with van der Waals surface area (Å²) in [6, 6.07) is 11.9. The van der Waals surface area contributed by atoms with E-state index in [1.54, 1.807) is 30.3 Å². The summed E-state index contributed by atoms with van der Waals surface area (Å²) in [7, 11) is 0. The van der Waals surface area contributed by atoms with Crippen LogP contribution in [0, 0.1) is 5.82 Å². The average molecular weight is 406 g/mol. The third kappa shape index (κ3) is 4.21. The second-order valence-corrected chi connectivity index (χ2v) is 5.93. The molecule has 0 aliphatic heterocycles. The van der Waals surface area contributed by atoms with E-state index >= 15 is 0 Å². The van der Waals surface area contributed by atoms with Crippen molar-refractivity contribution in [1.29, 1.82) is 0 Å². The summed E-state index contributed by atoms with van der Waals surface area (Å²) < 4.78 is 19.9. The molecule has 0 fully saturated rings. The molecule has 0 atom stereocenters.